The Labute approximate surface area is 121 Å². The molecule has 0 unspecified atom stereocenters. The molecule has 2 fully saturated rings. The van der Waals surface area contributed by atoms with Crippen LogP contribution < -0.4 is 0 Å². The fourth-order valence-electron chi connectivity index (χ4n) is 3.75. The smallest absolute Gasteiger partial charge is 0.231 e. The molecule has 0 bridgehead atoms. The van der Waals surface area contributed by atoms with Gasteiger partial charge in [0.25, 0.3) is 0 Å². The number of hydrogen-bond acceptors (Lipinski definition) is 2. The summed E-state index contributed by atoms with van der Waals surface area (Å²) in [7, 11) is -1.62. The lowest BCUT2D eigenvalue weighted by atomic mass is 10.2. The third kappa shape index (κ3) is 3.50. The van der Waals surface area contributed by atoms with Gasteiger partial charge >= 0.3 is 0 Å². The zero-order valence-electron chi connectivity index (χ0n) is 13.1. The van der Waals surface area contributed by atoms with Crippen molar-refractivity contribution < 1.29 is 0 Å². The van der Waals surface area contributed by atoms with Gasteiger partial charge in [-0.15, -0.1) is 6.58 Å². The van der Waals surface area contributed by atoms with E-state index in [0.29, 0.717) is 0 Å². The van der Waals surface area contributed by atoms with Crippen molar-refractivity contribution in [1.82, 2.24) is 9.13 Å². The first-order valence-electron chi connectivity index (χ1n) is 8.32. The molecule has 2 rings (SSSR count). The first-order valence-corrected chi connectivity index (χ1v) is 10.7. The summed E-state index contributed by atoms with van der Waals surface area (Å²) in [4.78, 5) is 0. The van der Waals surface area contributed by atoms with Crippen LogP contribution in [-0.4, -0.2) is 43.7 Å². The second-order valence-corrected chi connectivity index (χ2v) is 10.8. The lowest BCUT2D eigenvalue weighted by Gasteiger charge is -2.47. The summed E-state index contributed by atoms with van der Waals surface area (Å²) in [5, 5.41) is 1.47. The minimum Gasteiger partial charge on any atom is -0.308 e. The fourth-order valence-corrected chi connectivity index (χ4v) is 7.61. The average molecular weight is 281 g/mol. The van der Waals surface area contributed by atoms with E-state index in [1.165, 1.54) is 82.7 Å². The number of allylic oxidation sites excluding steroid dienone is 1. The minimum atomic E-state index is -1.62. The maximum atomic E-state index is 4.42. The Hall–Kier alpha value is -0.123. The van der Waals surface area contributed by atoms with Crippen LogP contribution in [0.1, 0.15) is 58.3 Å². The molecule has 3 heteroatoms. The van der Waals surface area contributed by atoms with E-state index in [1.54, 1.807) is 0 Å². The van der Waals surface area contributed by atoms with Crippen LogP contribution in [0.2, 0.25) is 6.55 Å². The Morgan fingerprint density at radius 2 is 1.05 bits per heavy atom. The van der Waals surface area contributed by atoms with Gasteiger partial charge < -0.3 is 9.13 Å². The van der Waals surface area contributed by atoms with E-state index in [4.69, 9.17) is 0 Å². The molecule has 0 saturated carbocycles. The topological polar surface area (TPSA) is 6.48 Å². The van der Waals surface area contributed by atoms with Crippen LogP contribution in [0.4, 0.5) is 0 Å². The maximum absolute atomic E-state index is 4.42. The average Bonchev–Trinajstić information content (AvgIpc) is 2.82. The van der Waals surface area contributed by atoms with Crippen LogP contribution in [-0.2, 0) is 0 Å². The van der Waals surface area contributed by atoms with Crippen molar-refractivity contribution in [1.29, 1.82) is 0 Å². The van der Waals surface area contributed by atoms with E-state index >= 15 is 0 Å². The van der Waals surface area contributed by atoms with Gasteiger partial charge in [-0.2, -0.15) is 0 Å². The molecule has 2 aliphatic heterocycles. The summed E-state index contributed by atoms with van der Waals surface area (Å²) < 4.78 is 5.71. The molecule has 19 heavy (non-hydrogen) atoms. The molecule has 0 spiro atoms. The molecule has 0 aromatic heterocycles. The van der Waals surface area contributed by atoms with Gasteiger partial charge in [-0.3, -0.25) is 0 Å². The molecule has 0 amide bonds. The summed E-state index contributed by atoms with van der Waals surface area (Å²) >= 11 is 0. The fraction of sp³-hybridized carbons (Fsp3) is 0.875. The van der Waals surface area contributed by atoms with Crippen LogP contribution in [0.25, 0.3) is 0 Å². The lowest BCUT2D eigenvalue weighted by molar-refractivity contribution is 0.339. The Bertz CT molecular complexity index is 267. The van der Waals surface area contributed by atoms with E-state index in [2.05, 4.69) is 29.2 Å². The SMILES string of the molecule is C=C(C)[Si](C)(N1CCCCCC1)N1CCCCCC1. The van der Waals surface area contributed by atoms with Crippen LogP contribution >= 0.6 is 0 Å². The second kappa shape index (κ2) is 7.05. The Balaban J connectivity index is 2.16. The van der Waals surface area contributed by atoms with Crippen molar-refractivity contribution in [3.63, 3.8) is 0 Å². The molecular formula is C16H32N2Si. The number of hydrogen-bond donors (Lipinski definition) is 0. The van der Waals surface area contributed by atoms with Crippen molar-refractivity contribution in [2.75, 3.05) is 26.2 Å². The predicted molar refractivity (Wildman–Crippen MR) is 86.5 cm³/mol. The van der Waals surface area contributed by atoms with Crippen molar-refractivity contribution in [3.05, 3.63) is 11.8 Å². The molecule has 0 aromatic rings. The van der Waals surface area contributed by atoms with Crippen molar-refractivity contribution in [2.45, 2.75) is 64.8 Å². The third-order valence-electron chi connectivity index (χ3n) is 5.25. The van der Waals surface area contributed by atoms with Crippen LogP contribution in [0, 0.1) is 0 Å². The van der Waals surface area contributed by atoms with Gasteiger partial charge in [-0.25, -0.2) is 0 Å². The zero-order valence-corrected chi connectivity index (χ0v) is 14.1. The summed E-state index contributed by atoms with van der Waals surface area (Å²) in [6.45, 7) is 14.5. The molecule has 2 saturated heterocycles. The second-order valence-electron chi connectivity index (χ2n) is 6.60. The van der Waals surface area contributed by atoms with Gasteiger partial charge in [-0.05, 0) is 65.3 Å². The molecule has 2 heterocycles. The highest BCUT2D eigenvalue weighted by Crippen LogP contribution is 2.28. The summed E-state index contributed by atoms with van der Waals surface area (Å²) in [5.74, 6) is 0. The van der Waals surface area contributed by atoms with Gasteiger partial charge in [0, 0.05) is 0 Å². The third-order valence-corrected chi connectivity index (χ3v) is 10.2. The van der Waals surface area contributed by atoms with E-state index < -0.39 is 8.40 Å². The monoisotopic (exact) mass is 280 g/mol. The number of nitrogens with zero attached hydrogens (tertiary/aromatic N) is 2. The molecule has 0 aliphatic carbocycles. The standard InChI is InChI=1S/C16H32N2Si/c1-16(2)19(3,17-12-8-4-5-9-13-17)18-14-10-6-7-11-15-18/h1,4-15H2,2-3H3. The van der Waals surface area contributed by atoms with Gasteiger partial charge in [-0.1, -0.05) is 30.9 Å². The van der Waals surface area contributed by atoms with Crippen molar-refractivity contribution in [3.8, 4) is 0 Å². The first-order chi connectivity index (χ1) is 9.15. The van der Waals surface area contributed by atoms with Crippen LogP contribution in [0.3, 0.4) is 0 Å². The Morgan fingerprint density at radius 1 is 0.737 bits per heavy atom. The van der Waals surface area contributed by atoms with E-state index in [1.807, 2.05) is 0 Å². The normalized spacial score (nSPS) is 24.7. The maximum Gasteiger partial charge on any atom is 0.231 e. The molecule has 110 valence electrons. The minimum absolute atomic E-state index is 1.31. The van der Waals surface area contributed by atoms with E-state index in [9.17, 15) is 0 Å². The van der Waals surface area contributed by atoms with Gasteiger partial charge in [0.15, 0.2) is 0 Å². The van der Waals surface area contributed by atoms with Crippen molar-refractivity contribution >= 4 is 8.40 Å². The molecule has 0 aromatic carbocycles. The number of rotatable bonds is 3. The predicted octanol–water partition coefficient (Wildman–Crippen LogP) is 3.93. The highest BCUT2D eigenvalue weighted by atomic mass is 28.3. The molecule has 0 radical (unpaired) electrons. The Kier molecular flexibility index (Phi) is 5.66. The Morgan fingerprint density at radius 3 is 1.32 bits per heavy atom. The quantitative estimate of drug-likeness (QED) is 0.723. The van der Waals surface area contributed by atoms with Gasteiger partial charge in [0.2, 0.25) is 8.40 Å². The molecule has 0 atom stereocenters. The largest absolute Gasteiger partial charge is 0.308 e. The summed E-state index contributed by atoms with van der Waals surface area (Å²) in [6.07, 6.45) is 11.3. The van der Waals surface area contributed by atoms with Gasteiger partial charge in [0.05, 0.1) is 0 Å². The lowest BCUT2D eigenvalue weighted by Crippen LogP contribution is -2.65. The van der Waals surface area contributed by atoms with Crippen molar-refractivity contribution in [2.24, 2.45) is 0 Å². The molecular weight excluding hydrogens is 248 g/mol. The highest BCUT2D eigenvalue weighted by Gasteiger charge is 2.41. The van der Waals surface area contributed by atoms with E-state index in [-0.39, 0.29) is 0 Å². The van der Waals surface area contributed by atoms with E-state index in [0.717, 1.165) is 0 Å². The van der Waals surface area contributed by atoms with Gasteiger partial charge in [0.1, 0.15) is 0 Å². The summed E-state index contributed by atoms with van der Waals surface area (Å²) in [6, 6.07) is 0. The van der Waals surface area contributed by atoms with Crippen LogP contribution in [0.5, 0.6) is 0 Å². The first kappa shape index (κ1) is 15.3. The molecule has 0 N–H and O–H groups in total. The highest BCUT2D eigenvalue weighted by molar-refractivity contribution is 6.80. The zero-order chi connectivity index (χ0) is 13.7. The summed E-state index contributed by atoms with van der Waals surface area (Å²) in [5.41, 5.74) is 0. The van der Waals surface area contributed by atoms with Crippen LogP contribution in [0.15, 0.2) is 11.8 Å². The molecule has 2 nitrogen and oxygen atoms in total. The molecule has 2 aliphatic rings.